The zero-order valence-corrected chi connectivity index (χ0v) is 20.9. The number of nitrogens with one attached hydrogen (secondary N) is 3. The average molecular weight is 508 g/mol. The number of amides is 1. The van der Waals surface area contributed by atoms with Gasteiger partial charge in [0.15, 0.2) is 0 Å². The summed E-state index contributed by atoms with van der Waals surface area (Å²) in [6, 6.07) is 14.8. The molecule has 188 valence electrons. The molecule has 1 saturated carbocycles. The molecule has 0 bridgehead atoms. The molecule has 2 aliphatic rings. The molecular weight excluding hydrogens is 477 g/mol. The molecule has 0 radical (unpaired) electrons. The van der Waals surface area contributed by atoms with Crippen molar-refractivity contribution in [3.8, 4) is 22.4 Å². The molecule has 1 aliphatic carbocycles. The zero-order chi connectivity index (χ0) is 24.9. The number of rotatable bonds is 6. The minimum absolute atomic E-state index is 0.143. The van der Waals surface area contributed by atoms with Crippen molar-refractivity contribution in [1.82, 2.24) is 20.6 Å². The Morgan fingerprint density at radius 1 is 0.917 bits per heavy atom. The molecule has 8 heteroatoms. The molecule has 5 rings (SSSR count). The van der Waals surface area contributed by atoms with E-state index in [2.05, 4.69) is 20.9 Å². The monoisotopic (exact) mass is 507 g/mol. The number of halogens is 2. The van der Waals surface area contributed by atoms with E-state index in [0.717, 1.165) is 68.3 Å². The summed E-state index contributed by atoms with van der Waals surface area (Å²) in [6.45, 7) is 1.85. The first-order valence-electron chi connectivity index (χ1n) is 12.7. The minimum Gasteiger partial charge on any atom is -0.353 e. The lowest BCUT2D eigenvalue weighted by atomic mass is 9.90. The van der Waals surface area contributed by atoms with Crippen LogP contribution in [0.15, 0.2) is 54.7 Å². The summed E-state index contributed by atoms with van der Waals surface area (Å²) in [7, 11) is 0. The molecule has 2 fully saturated rings. The molecule has 1 aliphatic heterocycles. The average Bonchev–Trinajstić information content (AvgIpc) is 2.92. The molecule has 2 heterocycles. The van der Waals surface area contributed by atoms with Crippen molar-refractivity contribution in [2.24, 2.45) is 5.92 Å². The number of nitrogens with zero attached hydrogens (tertiary/aromatic N) is 2. The maximum atomic E-state index is 13.3. The molecule has 1 amide bonds. The highest BCUT2D eigenvalue weighted by Crippen LogP contribution is 2.31. The summed E-state index contributed by atoms with van der Waals surface area (Å²) < 4.78 is 13.3. The number of aromatic nitrogens is 2. The first-order valence-corrected chi connectivity index (χ1v) is 13.1. The molecule has 36 heavy (non-hydrogen) atoms. The molecule has 0 unspecified atom stereocenters. The SMILES string of the molecule is O=C(N[C@H]1CC[C@H](Nc2ncc(Cl)c(-c3cccc(-c4ccc(F)cc4)c3)n2)CC1)C1CCNCC1. The predicted molar refractivity (Wildman–Crippen MR) is 141 cm³/mol. The number of benzene rings is 2. The van der Waals surface area contributed by atoms with Crippen molar-refractivity contribution < 1.29 is 9.18 Å². The largest absolute Gasteiger partial charge is 0.353 e. The summed E-state index contributed by atoms with van der Waals surface area (Å²) in [5, 5.41) is 10.5. The summed E-state index contributed by atoms with van der Waals surface area (Å²) in [5.74, 6) is 0.637. The normalized spacial score (nSPS) is 20.6. The molecule has 1 aromatic heterocycles. The summed E-state index contributed by atoms with van der Waals surface area (Å²) in [5.41, 5.74) is 3.41. The highest BCUT2D eigenvalue weighted by atomic mass is 35.5. The third-order valence-corrected chi connectivity index (χ3v) is 7.45. The Bertz CT molecular complexity index is 1190. The Hall–Kier alpha value is -3.03. The van der Waals surface area contributed by atoms with E-state index in [4.69, 9.17) is 16.6 Å². The van der Waals surface area contributed by atoms with Gasteiger partial charge in [-0.2, -0.15) is 0 Å². The standard InChI is InChI=1S/C28H31ClFN5O/c29-25-17-32-28(34-24-10-8-23(9-11-24)33-27(36)19-12-14-31-15-13-19)35-26(25)21-3-1-2-20(16-21)18-4-6-22(30)7-5-18/h1-7,16-17,19,23-24,31H,8-15H2,(H,33,36)(H,32,34,35)/t23-,24-. The molecule has 0 spiro atoms. The smallest absolute Gasteiger partial charge is 0.223 e. The van der Waals surface area contributed by atoms with Gasteiger partial charge in [0.2, 0.25) is 11.9 Å². The van der Waals surface area contributed by atoms with E-state index >= 15 is 0 Å². The van der Waals surface area contributed by atoms with Gasteiger partial charge >= 0.3 is 0 Å². The van der Waals surface area contributed by atoms with Crippen molar-refractivity contribution in [2.45, 2.75) is 50.6 Å². The Morgan fingerprint density at radius 2 is 1.61 bits per heavy atom. The molecule has 3 N–H and O–H groups in total. The zero-order valence-electron chi connectivity index (χ0n) is 20.1. The van der Waals surface area contributed by atoms with Crippen LogP contribution in [0.5, 0.6) is 0 Å². The van der Waals surface area contributed by atoms with E-state index < -0.39 is 0 Å². The molecule has 2 aromatic carbocycles. The first kappa shape index (κ1) is 24.7. The fourth-order valence-corrected chi connectivity index (χ4v) is 5.30. The van der Waals surface area contributed by atoms with Crippen LogP contribution in [0.4, 0.5) is 10.3 Å². The first-order chi connectivity index (χ1) is 17.5. The second-order valence-electron chi connectivity index (χ2n) is 9.70. The van der Waals surface area contributed by atoms with Crippen molar-refractivity contribution in [3.63, 3.8) is 0 Å². The number of piperidine rings is 1. The lowest BCUT2D eigenvalue weighted by Gasteiger charge is -2.31. The van der Waals surface area contributed by atoms with Crippen molar-refractivity contribution >= 4 is 23.5 Å². The van der Waals surface area contributed by atoms with E-state index in [-0.39, 0.29) is 29.7 Å². The number of carbonyl (C=O) groups excluding carboxylic acids is 1. The summed E-state index contributed by atoms with van der Waals surface area (Å²) in [6.07, 6.45) is 7.24. The van der Waals surface area contributed by atoms with Gasteiger partial charge in [0.05, 0.1) is 16.9 Å². The Balaban J connectivity index is 1.21. The van der Waals surface area contributed by atoms with Gasteiger partial charge in [0, 0.05) is 23.6 Å². The van der Waals surface area contributed by atoms with Gasteiger partial charge in [-0.15, -0.1) is 0 Å². The van der Waals surface area contributed by atoms with Crippen molar-refractivity contribution in [3.05, 3.63) is 65.6 Å². The van der Waals surface area contributed by atoms with Crippen LogP contribution < -0.4 is 16.0 Å². The van der Waals surface area contributed by atoms with Crippen LogP contribution in [-0.2, 0) is 4.79 Å². The van der Waals surface area contributed by atoms with Gasteiger partial charge in [-0.1, -0.05) is 41.9 Å². The Labute approximate surface area is 216 Å². The van der Waals surface area contributed by atoms with Gasteiger partial charge in [-0.25, -0.2) is 14.4 Å². The van der Waals surface area contributed by atoms with E-state index in [9.17, 15) is 9.18 Å². The minimum atomic E-state index is -0.261. The van der Waals surface area contributed by atoms with Crippen LogP contribution in [0.25, 0.3) is 22.4 Å². The quantitative estimate of drug-likeness (QED) is 0.414. The summed E-state index contributed by atoms with van der Waals surface area (Å²) >= 11 is 6.48. The fraction of sp³-hybridized carbons (Fsp3) is 0.393. The molecule has 3 aromatic rings. The topological polar surface area (TPSA) is 78.9 Å². The third kappa shape index (κ3) is 6.02. The highest BCUT2D eigenvalue weighted by molar-refractivity contribution is 6.32. The fourth-order valence-electron chi connectivity index (χ4n) is 5.10. The molecule has 0 atom stereocenters. The highest BCUT2D eigenvalue weighted by Gasteiger charge is 2.27. The van der Waals surface area contributed by atoms with Gasteiger partial charge in [-0.3, -0.25) is 4.79 Å². The van der Waals surface area contributed by atoms with E-state index in [1.54, 1.807) is 18.3 Å². The Kier molecular flexibility index (Phi) is 7.78. The number of anilines is 1. The van der Waals surface area contributed by atoms with Gasteiger partial charge in [-0.05, 0) is 80.9 Å². The van der Waals surface area contributed by atoms with Gasteiger partial charge < -0.3 is 16.0 Å². The van der Waals surface area contributed by atoms with Crippen molar-refractivity contribution in [1.29, 1.82) is 0 Å². The molecular formula is C28H31ClFN5O. The van der Waals surface area contributed by atoms with E-state index in [1.807, 2.05) is 24.3 Å². The third-order valence-electron chi connectivity index (χ3n) is 7.17. The maximum Gasteiger partial charge on any atom is 0.223 e. The molecule has 1 saturated heterocycles. The van der Waals surface area contributed by atoms with Crippen LogP contribution >= 0.6 is 11.6 Å². The summed E-state index contributed by atoms with van der Waals surface area (Å²) in [4.78, 5) is 21.7. The number of hydrogen-bond acceptors (Lipinski definition) is 5. The van der Waals surface area contributed by atoms with Gasteiger partial charge in [0.1, 0.15) is 5.82 Å². The second-order valence-corrected chi connectivity index (χ2v) is 10.1. The van der Waals surface area contributed by atoms with Crippen LogP contribution in [0, 0.1) is 11.7 Å². The van der Waals surface area contributed by atoms with Crippen LogP contribution in [-0.4, -0.2) is 41.0 Å². The van der Waals surface area contributed by atoms with Gasteiger partial charge in [0.25, 0.3) is 0 Å². The van der Waals surface area contributed by atoms with E-state index in [0.29, 0.717) is 16.7 Å². The van der Waals surface area contributed by atoms with Crippen LogP contribution in [0.3, 0.4) is 0 Å². The number of hydrogen-bond donors (Lipinski definition) is 3. The Morgan fingerprint density at radius 3 is 2.36 bits per heavy atom. The second kappa shape index (κ2) is 11.4. The molecule has 6 nitrogen and oxygen atoms in total. The predicted octanol–water partition coefficient (Wildman–Crippen LogP) is 5.44. The number of carbonyl (C=O) groups is 1. The van der Waals surface area contributed by atoms with Crippen LogP contribution in [0.2, 0.25) is 5.02 Å². The van der Waals surface area contributed by atoms with E-state index in [1.165, 1.54) is 12.1 Å². The van der Waals surface area contributed by atoms with Crippen molar-refractivity contribution in [2.75, 3.05) is 18.4 Å². The maximum absolute atomic E-state index is 13.3. The lowest BCUT2D eigenvalue weighted by Crippen LogP contribution is -2.45. The van der Waals surface area contributed by atoms with Crippen LogP contribution in [0.1, 0.15) is 38.5 Å². The lowest BCUT2D eigenvalue weighted by molar-refractivity contribution is -0.126.